The number of anilines is 1. The topological polar surface area (TPSA) is 88.6 Å². The van der Waals surface area contributed by atoms with E-state index in [1.165, 1.54) is 24.3 Å². The molecule has 0 unspecified atom stereocenters. The first-order valence-electron chi connectivity index (χ1n) is 16.7. The Bertz CT molecular complexity index is 1710. The van der Waals surface area contributed by atoms with Gasteiger partial charge in [-0.2, -0.15) is 0 Å². The predicted molar refractivity (Wildman–Crippen MR) is 184 cm³/mol. The fourth-order valence-electron chi connectivity index (χ4n) is 6.80. The van der Waals surface area contributed by atoms with E-state index in [0.29, 0.717) is 22.7 Å². The van der Waals surface area contributed by atoms with Crippen molar-refractivity contribution in [3.05, 3.63) is 115 Å². The molecule has 0 spiro atoms. The van der Waals surface area contributed by atoms with Crippen molar-refractivity contribution in [2.24, 2.45) is 11.8 Å². The van der Waals surface area contributed by atoms with Crippen molar-refractivity contribution >= 4 is 23.4 Å². The Balaban J connectivity index is 1.47. The largest absolute Gasteiger partial charge is 0.454 e. The second kappa shape index (κ2) is 14.7. The SMILES string of the molecule is C=CCN(C(=O)C1CC1)[C@H](C(=O)N1c2cc3c(cc2[C@H](N(CC=C)C(=O)c2ccc(F)cc2)[C@H]1COCc1ccccc1)OCO3)C(C)C. The maximum Gasteiger partial charge on any atom is 0.254 e. The highest BCUT2D eigenvalue weighted by atomic mass is 19.1. The average molecular weight is 668 g/mol. The lowest BCUT2D eigenvalue weighted by atomic mass is 9.98. The number of fused-ring (bicyclic) bond motifs is 2. The van der Waals surface area contributed by atoms with Gasteiger partial charge in [-0.05, 0) is 54.7 Å². The molecule has 6 rings (SSSR count). The summed E-state index contributed by atoms with van der Waals surface area (Å²) < 4.78 is 31.8. The maximum absolute atomic E-state index is 15.2. The number of halogens is 1. The number of rotatable bonds is 14. The fourth-order valence-corrected chi connectivity index (χ4v) is 6.80. The zero-order valence-electron chi connectivity index (χ0n) is 27.9. The first kappa shape index (κ1) is 33.9. The Hall–Kier alpha value is -4.96. The molecule has 3 aromatic carbocycles. The third-order valence-electron chi connectivity index (χ3n) is 9.20. The summed E-state index contributed by atoms with van der Waals surface area (Å²) in [6, 6.07) is 16.4. The first-order chi connectivity index (χ1) is 23.7. The standard InChI is InChI=1S/C39H42FN3O6/c1-5-18-41(37(44)27-12-13-27)35(25(3)4)39(46)43-31-21-34-33(48-24-49-34)20-30(31)36(32(43)23-47-22-26-10-8-7-9-11-26)42(19-6-2)38(45)28-14-16-29(40)17-15-28/h5-11,14-17,20-21,25,27,32,35-36H,1-2,12-13,18-19,22-24H2,3-4H3/t32-,35+,36+/m1/s1. The summed E-state index contributed by atoms with van der Waals surface area (Å²) in [4.78, 5) is 48.1. The molecule has 0 saturated heterocycles. The van der Waals surface area contributed by atoms with Crippen molar-refractivity contribution in [1.82, 2.24) is 9.80 Å². The number of ether oxygens (including phenoxy) is 3. The summed E-state index contributed by atoms with van der Waals surface area (Å²) >= 11 is 0. The minimum atomic E-state index is -0.819. The molecule has 0 radical (unpaired) electrons. The highest BCUT2D eigenvalue weighted by Gasteiger charge is 2.50. The molecule has 9 nitrogen and oxygen atoms in total. The molecule has 49 heavy (non-hydrogen) atoms. The summed E-state index contributed by atoms with van der Waals surface area (Å²) in [5.74, 6) is -0.579. The van der Waals surface area contributed by atoms with Crippen LogP contribution in [0.2, 0.25) is 0 Å². The number of nitrogens with zero attached hydrogens (tertiary/aromatic N) is 3. The Morgan fingerprint density at radius 2 is 1.65 bits per heavy atom. The molecular formula is C39H42FN3O6. The van der Waals surface area contributed by atoms with Crippen LogP contribution < -0.4 is 14.4 Å². The normalized spacial score (nSPS) is 18.2. The molecule has 1 fully saturated rings. The van der Waals surface area contributed by atoms with Gasteiger partial charge in [0.2, 0.25) is 12.7 Å². The summed E-state index contributed by atoms with van der Waals surface area (Å²) in [5.41, 5.74) is 2.43. The summed E-state index contributed by atoms with van der Waals surface area (Å²) in [5, 5.41) is 0. The van der Waals surface area contributed by atoms with E-state index < -0.39 is 23.9 Å². The van der Waals surface area contributed by atoms with Crippen molar-refractivity contribution in [3.63, 3.8) is 0 Å². The van der Waals surface area contributed by atoms with Gasteiger partial charge in [0.1, 0.15) is 11.9 Å². The second-order valence-electron chi connectivity index (χ2n) is 13.0. The van der Waals surface area contributed by atoms with Crippen molar-refractivity contribution in [3.8, 4) is 11.5 Å². The zero-order valence-corrected chi connectivity index (χ0v) is 27.9. The van der Waals surface area contributed by atoms with E-state index in [2.05, 4.69) is 13.2 Å². The van der Waals surface area contributed by atoms with Crippen LogP contribution in [-0.2, 0) is 20.9 Å². The maximum atomic E-state index is 15.2. The highest BCUT2D eigenvalue weighted by Crippen LogP contribution is 2.50. The Labute approximate surface area is 286 Å². The minimum absolute atomic E-state index is 0.0168. The fraction of sp³-hybridized carbons (Fsp3) is 0.359. The van der Waals surface area contributed by atoms with Crippen molar-refractivity contribution in [2.45, 2.75) is 51.4 Å². The van der Waals surface area contributed by atoms with Crippen LogP contribution in [0.1, 0.15) is 54.2 Å². The zero-order chi connectivity index (χ0) is 34.7. The average Bonchev–Trinajstić information content (AvgIpc) is 3.77. The van der Waals surface area contributed by atoms with E-state index in [4.69, 9.17) is 14.2 Å². The van der Waals surface area contributed by atoms with E-state index in [1.54, 1.807) is 32.9 Å². The third-order valence-corrected chi connectivity index (χ3v) is 9.20. The molecule has 2 aliphatic heterocycles. The lowest BCUT2D eigenvalue weighted by Crippen LogP contribution is -2.57. The van der Waals surface area contributed by atoms with E-state index >= 15 is 4.79 Å². The third kappa shape index (κ3) is 6.96. The van der Waals surface area contributed by atoms with Crippen LogP contribution >= 0.6 is 0 Å². The smallest absolute Gasteiger partial charge is 0.254 e. The Morgan fingerprint density at radius 3 is 2.29 bits per heavy atom. The van der Waals surface area contributed by atoms with Crippen molar-refractivity contribution in [2.75, 3.05) is 31.4 Å². The van der Waals surface area contributed by atoms with Gasteiger partial charge < -0.3 is 28.9 Å². The second-order valence-corrected chi connectivity index (χ2v) is 13.0. The lowest BCUT2D eigenvalue weighted by molar-refractivity contribution is -0.141. The van der Waals surface area contributed by atoms with Crippen LogP contribution in [0.4, 0.5) is 10.1 Å². The molecule has 3 amide bonds. The molecule has 256 valence electrons. The van der Waals surface area contributed by atoms with Gasteiger partial charge in [-0.1, -0.05) is 56.3 Å². The van der Waals surface area contributed by atoms with E-state index in [-0.39, 0.29) is 68.2 Å². The van der Waals surface area contributed by atoms with Gasteiger partial charge in [0, 0.05) is 36.2 Å². The number of hydrogen-bond donors (Lipinski definition) is 0. The highest BCUT2D eigenvalue weighted by molar-refractivity contribution is 6.03. The number of hydrogen-bond acceptors (Lipinski definition) is 6. The Morgan fingerprint density at radius 1 is 0.980 bits per heavy atom. The number of carbonyl (C=O) groups is 3. The van der Waals surface area contributed by atoms with E-state index in [1.807, 2.05) is 50.2 Å². The monoisotopic (exact) mass is 667 g/mol. The van der Waals surface area contributed by atoms with E-state index in [9.17, 15) is 14.0 Å². The molecule has 2 heterocycles. The number of benzene rings is 3. The molecular weight excluding hydrogens is 625 g/mol. The molecule has 0 bridgehead atoms. The number of amides is 3. The van der Waals surface area contributed by atoms with Crippen LogP contribution in [-0.4, -0.2) is 66.1 Å². The van der Waals surface area contributed by atoms with E-state index in [0.717, 1.165) is 18.4 Å². The van der Waals surface area contributed by atoms with Crippen molar-refractivity contribution in [1.29, 1.82) is 0 Å². The van der Waals surface area contributed by atoms with Crippen molar-refractivity contribution < 1.29 is 33.0 Å². The van der Waals surface area contributed by atoms with Crippen LogP contribution in [0.25, 0.3) is 0 Å². The molecule has 10 heteroatoms. The van der Waals surface area contributed by atoms with Gasteiger partial charge in [-0.15, -0.1) is 13.2 Å². The summed E-state index contributed by atoms with van der Waals surface area (Å²) in [6.45, 7) is 12.4. The molecule has 3 atom stereocenters. The molecule has 0 aromatic heterocycles. The van der Waals surface area contributed by atoms with Crippen LogP contribution in [0.15, 0.2) is 92.0 Å². The van der Waals surface area contributed by atoms with Gasteiger partial charge in [-0.3, -0.25) is 14.4 Å². The first-order valence-corrected chi connectivity index (χ1v) is 16.7. The minimum Gasteiger partial charge on any atom is -0.454 e. The molecule has 3 aliphatic rings. The summed E-state index contributed by atoms with van der Waals surface area (Å²) in [6.07, 6.45) is 4.86. The lowest BCUT2D eigenvalue weighted by Gasteiger charge is -2.39. The molecule has 0 N–H and O–H groups in total. The molecule has 1 aliphatic carbocycles. The Kier molecular flexibility index (Phi) is 10.1. The van der Waals surface area contributed by atoms with Crippen LogP contribution in [0.5, 0.6) is 11.5 Å². The summed E-state index contributed by atoms with van der Waals surface area (Å²) in [7, 11) is 0. The molecule has 3 aromatic rings. The number of carbonyl (C=O) groups excluding carboxylic acids is 3. The van der Waals surface area contributed by atoms with Gasteiger partial charge in [0.15, 0.2) is 11.5 Å². The predicted octanol–water partition coefficient (Wildman–Crippen LogP) is 6.31. The van der Waals surface area contributed by atoms with Crippen LogP contribution in [0.3, 0.4) is 0 Å². The van der Waals surface area contributed by atoms with Crippen LogP contribution in [0, 0.1) is 17.7 Å². The quantitative estimate of drug-likeness (QED) is 0.188. The molecule has 1 saturated carbocycles. The van der Waals surface area contributed by atoms with Gasteiger partial charge in [-0.25, -0.2) is 4.39 Å². The van der Waals surface area contributed by atoms with Gasteiger partial charge in [0.25, 0.3) is 11.8 Å². The van der Waals surface area contributed by atoms with Gasteiger partial charge in [0.05, 0.1) is 31.0 Å². The van der Waals surface area contributed by atoms with Gasteiger partial charge >= 0.3 is 0 Å².